The van der Waals surface area contributed by atoms with Crippen LogP contribution < -0.4 is 14.9 Å². The summed E-state index contributed by atoms with van der Waals surface area (Å²) in [5.41, 5.74) is 3.32. The average molecular weight is 544 g/mol. The van der Waals surface area contributed by atoms with Crippen LogP contribution in [0.3, 0.4) is 0 Å². The number of aromatic nitrogens is 1. The molecule has 0 amide bonds. The van der Waals surface area contributed by atoms with Crippen LogP contribution in [0.4, 0.5) is 5.69 Å². The fourth-order valence-electron chi connectivity index (χ4n) is 4.56. The lowest BCUT2D eigenvalue weighted by Crippen LogP contribution is -2.39. The monoisotopic (exact) mass is 543 g/mol. The van der Waals surface area contributed by atoms with Gasteiger partial charge in [-0.3, -0.25) is 19.5 Å². The number of nitro groups is 1. The molecule has 1 aliphatic heterocycles. The zero-order valence-electron chi connectivity index (χ0n) is 21.8. The number of esters is 1. The van der Waals surface area contributed by atoms with E-state index in [4.69, 9.17) is 9.15 Å². The van der Waals surface area contributed by atoms with Crippen LogP contribution in [0.15, 0.2) is 80.1 Å². The Bertz CT molecular complexity index is 1830. The summed E-state index contributed by atoms with van der Waals surface area (Å²) in [6, 6.07) is 15.1. The van der Waals surface area contributed by atoms with Crippen molar-refractivity contribution >= 4 is 29.1 Å². The fourth-order valence-corrected chi connectivity index (χ4v) is 5.59. The number of hydrogen-bond acceptors (Lipinski definition) is 8. The molecule has 2 aromatic heterocycles. The third-order valence-corrected chi connectivity index (χ3v) is 7.41. The SMILES string of the molecule is CCOC(=O)C1=C(C)N=c2s/c(=C\c3ccc(-c4ccc(C)cc4[N+](=O)[O-])o3)c(=O)n2[C@H]1c1ccc(C)cc1. The maximum atomic E-state index is 13.7. The molecule has 0 saturated heterocycles. The summed E-state index contributed by atoms with van der Waals surface area (Å²) < 4.78 is 13.1. The zero-order valence-corrected chi connectivity index (χ0v) is 22.6. The molecule has 3 heterocycles. The molecule has 0 fully saturated rings. The standard InChI is InChI=1S/C29H25N3O6S/c1-5-37-28(34)25-18(4)30-29-31(26(25)19-9-6-16(2)7-10-19)27(33)24(39-29)15-20-11-13-23(38-20)21-12-8-17(3)14-22(21)32(35)36/h6-15,26H,5H2,1-4H3/b24-15-/t26-/m0/s1. The van der Waals surface area contributed by atoms with E-state index in [0.717, 1.165) is 16.7 Å². The van der Waals surface area contributed by atoms with Crippen molar-refractivity contribution in [3.63, 3.8) is 0 Å². The van der Waals surface area contributed by atoms with Crippen LogP contribution in [0.25, 0.3) is 17.4 Å². The summed E-state index contributed by atoms with van der Waals surface area (Å²) >= 11 is 1.18. The van der Waals surface area contributed by atoms with Gasteiger partial charge in [0.1, 0.15) is 11.5 Å². The van der Waals surface area contributed by atoms with Gasteiger partial charge < -0.3 is 9.15 Å². The van der Waals surface area contributed by atoms with E-state index in [2.05, 4.69) is 4.99 Å². The van der Waals surface area contributed by atoms with Crippen molar-refractivity contribution in [2.45, 2.75) is 33.7 Å². The Morgan fingerprint density at radius 2 is 1.85 bits per heavy atom. The van der Waals surface area contributed by atoms with Gasteiger partial charge in [0.2, 0.25) is 0 Å². The second-order valence-corrected chi connectivity index (χ2v) is 10.2. The Hall–Kier alpha value is -4.57. The van der Waals surface area contributed by atoms with Gasteiger partial charge in [-0.25, -0.2) is 9.79 Å². The third kappa shape index (κ3) is 4.86. The maximum absolute atomic E-state index is 13.7. The van der Waals surface area contributed by atoms with E-state index in [1.54, 1.807) is 51.1 Å². The van der Waals surface area contributed by atoms with Crippen molar-refractivity contribution in [2.24, 2.45) is 4.99 Å². The van der Waals surface area contributed by atoms with E-state index >= 15 is 0 Å². The minimum Gasteiger partial charge on any atom is -0.463 e. The van der Waals surface area contributed by atoms with Gasteiger partial charge in [-0.15, -0.1) is 0 Å². The van der Waals surface area contributed by atoms with Crippen molar-refractivity contribution in [3.05, 3.63) is 118 Å². The molecule has 2 aromatic carbocycles. The minimum atomic E-state index is -0.703. The molecule has 0 saturated carbocycles. The molecule has 0 N–H and O–H groups in total. The lowest BCUT2D eigenvalue weighted by molar-refractivity contribution is -0.384. The van der Waals surface area contributed by atoms with Gasteiger partial charge in [0.25, 0.3) is 11.2 Å². The number of furan rings is 1. The number of nitrogens with zero attached hydrogens (tertiary/aromatic N) is 3. The second kappa shape index (κ2) is 10.3. The topological polar surface area (TPSA) is 117 Å². The van der Waals surface area contributed by atoms with Gasteiger partial charge in [-0.05, 0) is 57.0 Å². The summed E-state index contributed by atoms with van der Waals surface area (Å²) in [6.07, 6.45) is 1.59. The molecule has 1 aliphatic rings. The Morgan fingerprint density at radius 1 is 1.13 bits per heavy atom. The van der Waals surface area contributed by atoms with E-state index < -0.39 is 16.9 Å². The van der Waals surface area contributed by atoms with Crippen LogP contribution in [-0.4, -0.2) is 22.1 Å². The Labute approximate surface area is 227 Å². The molecule has 198 valence electrons. The first kappa shape index (κ1) is 26.1. The fraction of sp³-hybridized carbons (Fsp3) is 0.207. The Morgan fingerprint density at radius 3 is 2.54 bits per heavy atom. The number of rotatable bonds is 6. The van der Waals surface area contributed by atoms with Crippen LogP contribution in [0.2, 0.25) is 0 Å². The van der Waals surface area contributed by atoms with E-state index in [1.165, 1.54) is 22.0 Å². The molecular weight excluding hydrogens is 518 g/mol. The predicted molar refractivity (Wildman–Crippen MR) is 147 cm³/mol. The van der Waals surface area contributed by atoms with Gasteiger partial charge in [0.05, 0.1) is 38.9 Å². The lowest BCUT2D eigenvalue weighted by atomic mass is 9.95. The summed E-state index contributed by atoms with van der Waals surface area (Å²) in [5, 5.41) is 11.6. The van der Waals surface area contributed by atoms with E-state index in [9.17, 15) is 19.7 Å². The number of hydrogen-bond donors (Lipinski definition) is 0. The van der Waals surface area contributed by atoms with Gasteiger partial charge in [-0.2, -0.15) is 0 Å². The molecular formula is C29H25N3O6S. The molecule has 0 radical (unpaired) electrons. The zero-order chi connectivity index (χ0) is 27.8. The highest BCUT2D eigenvalue weighted by Gasteiger charge is 2.33. The van der Waals surface area contributed by atoms with Gasteiger partial charge >= 0.3 is 5.97 Å². The molecule has 39 heavy (non-hydrogen) atoms. The van der Waals surface area contributed by atoms with E-state index in [1.807, 2.05) is 31.2 Å². The predicted octanol–water partition coefficient (Wildman–Crippen LogP) is 4.58. The lowest BCUT2D eigenvalue weighted by Gasteiger charge is -2.24. The van der Waals surface area contributed by atoms with Crippen molar-refractivity contribution in [1.29, 1.82) is 0 Å². The van der Waals surface area contributed by atoms with Crippen LogP contribution >= 0.6 is 11.3 Å². The van der Waals surface area contributed by atoms with Gasteiger partial charge in [-0.1, -0.05) is 47.2 Å². The van der Waals surface area contributed by atoms with Crippen molar-refractivity contribution in [3.8, 4) is 11.3 Å². The number of nitro benzene ring substituents is 1. The highest BCUT2D eigenvalue weighted by Crippen LogP contribution is 2.33. The highest BCUT2D eigenvalue weighted by molar-refractivity contribution is 7.07. The van der Waals surface area contributed by atoms with Crippen molar-refractivity contribution < 1.29 is 18.9 Å². The van der Waals surface area contributed by atoms with Crippen LogP contribution in [-0.2, 0) is 9.53 Å². The molecule has 10 heteroatoms. The van der Waals surface area contributed by atoms with Gasteiger partial charge in [0.15, 0.2) is 4.80 Å². The van der Waals surface area contributed by atoms with Gasteiger partial charge in [0, 0.05) is 12.1 Å². The minimum absolute atomic E-state index is 0.0599. The average Bonchev–Trinajstić information content (AvgIpc) is 3.48. The number of benzene rings is 2. The first-order chi connectivity index (χ1) is 18.7. The number of allylic oxidation sites excluding steroid dienone is 1. The summed E-state index contributed by atoms with van der Waals surface area (Å²) in [4.78, 5) is 42.9. The molecule has 9 nitrogen and oxygen atoms in total. The quantitative estimate of drug-likeness (QED) is 0.200. The third-order valence-electron chi connectivity index (χ3n) is 6.43. The summed E-state index contributed by atoms with van der Waals surface area (Å²) in [5.74, 6) is 0.158. The summed E-state index contributed by atoms with van der Waals surface area (Å²) in [6.45, 7) is 7.40. The molecule has 0 aliphatic carbocycles. The molecule has 0 spiro atoms. The molecule has 5 rings (SSSR count). The normalized spacial score (nSPS) is 15.2. The molecule has 0 bridgehead atoms. The second-order valence-electron chi connectivity index (χ2n) is 9.19. The highest BCUT2D eigenvalue weighted by atomic mass is 32.1. The first-order valence-electron chi connectivity index (χ1n) is 12.3. The number of ether oxygens (including phenoxy) is 1. The number of thiazole rings is 1. The van der Waals surface area contributed by atoms with Crippen LogP contribution in [0.5, 0.6) is 0 Å². The first-order valence-corrected chi connectivity index (χ1v) is 13.1. The maximum Gasteiger partial charge on any atom is 0.338 e. The smallest absolute Gasteiger partial charge is 0.338 e. The number of carbonyl (C=O) groups excluding carboxylic acids is 1. The summed E-state index contributed by atoms with van der Waals surface area (Å²) in [7, 11) is 0. The molecule has 1 atom stereocenters. The van der Waals surface area contributed by atoms with E-state index in [-0.39, 0.29) is 17.9 Å². The van der Waals surface area contributed by atoms with Crippen molar-refractivity contribution in [1.82, 2.24) is 4.57 Å². The van der Waals surface area contributed by atoms with Crippen LogP contribution in [0, 0.1) is 24.0 Å². The largest absolute Gasteiger partial charge is 0.463 e. The van der Waals surface area contributed by atoms with E-state index in [0.29, 0.717) is 37.7 Å². The number of aryl methyl sites for hydroxylation is 2. The molecule has 4 aromatic rings. The number of carbonyl (C=O) groups is 1. The van der Waals surface area contributed by atoms with Crippen molar-refractivity contribution in [2.75, 3.05) is 6.61 Å². The Balaban J connectivity index is 1.63. The Kier molecular flexibility index (Phi) is 6.88. The number of fused-ring (bicyclic) bond motifs is 1. The molecule has 0 unspecified atom stereocenters. The van der Waals surface area contributed by atoms with Crippen LogP contribution in [0.1, 0.15) is 42.3 Å².